The first kappa shape index (κ1) is 14.6. The van der Waals surface area contributed by atoms with Gasteiger partial charge in [0.05, 0.1) is 12.7 Å². The average molecular weight is 282 g/mol. The number of nitrogens with two attached hydrogens (primary N) is 1. The van der Waals surface area contributed by atoms with Crippen LogP contribution in [0, 0.1) is 0 Å². The van der Waals surface area contributed by atoms with Crippen LogP contribution >= 0.6 is 11.8 Å². The van der Waals surface area contributed by atoms with Gasteiger partial charge in [-0.3, -0.25) is 0 Å². The smallest absolute Gasteiger partial charge is 0.130 e. The van der Waals surface area contributed by atoms with Gasteiger partial charge >= 0.3 is 0 Å². The lowest BCUT2D eigenvalue weighted by Gasteiger charge is -2.26. The number of ether oxygens (including phenoxy) is 1. The second-order valence-corrected chi connectivity index (χ2v) is 5.61. The molecule has 1 aromatic heterocycles. The molecule has 0 aromatic carbocycles. The van der Waals surface area contributed by atoms with Gasteiger partial charge in [-0.1, -0.05) is 0 Å². The fourth-order valence-corrected chi connectivity index (χ4v) is 2.59. The maximum Gasteiger partial charge on any atom is 0.130 e. The van der Waals surface area contributed by atoms with Crippen molar-refractivity contribution < 1.29 is 4.74 Å². The lowest BCUT2D eigenvalue weighted by molar-refractivity contribution is 0.0313. The van der Waals surface area contributed by atoms with Gasteiger partial charge in [0.2, 0.25) is 0 Å². The minimum Gasteiger partial charge on any atom is -0.376 e. The Morgan fingerprint density at radius 3 is 2.89 bits per heavy atom. The summed E-state index contributed by atoms with van der Waals surface area (Å²) in [5, 5.41) is 4.23. The van der Waals surface area contributed by atoms with Crippen LogP contribution in [0.25, 0.3) is 0 Å². The molecule has 1 heterocycles. The summed E-state index contributed by atoms with van der Waals surface area (Å²) in [4.78, 5) is 8.31. The van der Waals surface area contributed by atoms with Crippen LogP contribution in [0.5, 0.6) is 0 Å². The molecular weight excluding hydrogens is 260 g/mol. The van der Waals surface area contributed by atoms with E-state index >= 15 is 0 Å². The Kier molecular flexibility index (Phi) is 5.88. The first-order valence-electron chi connectivity index (χ1n) is 6.75. The Labute approximate surface area is 118 Å². The topological polar surface area (TPSA) is 73.1 Å². The zero-order valence-corrected chi connectivity index (χ0v) is 12.2. The minimum absolute atomic E-state index is 0.379. The normalized spacial score (nSPS) is 23.3. The van der Waals surface area contributed by atoms with E-state index in [9.17, 15) is 0 Å². The molecule has 6 heteroatoms. The van der Waals surface area contributed by atoms with Crippen LogP contribution in [0.15, 0.2) is 17.4 Å². The second kappa shape index (κ2) is 7.67. The van der Waals surface area contributed by atoms with E-state index in [0.717, 1.165) is 43.1 Å². The predicted octanol–water partition coefficient (Wildman–Crippen LogP) is 1.90. The third kappa shape index (κ3) is 4.97. The van der Waals surface area contributed by atoms with Gasteiger partial charge in [0.1, 0.15) is 17.2 Å². The molecule has 1 aliphatic carbocycles. The first-order chi connectivity index (χ1) is 9.28. The molecule has 1 fully saturated rings. The highest BCUT2D eigenvalue weighted by atomic mass is 32.2. The summed E-state index contributed by atoms with van der Waals surface area (Å²) < 4.78 is 5.84. The van der Waals surface area contributed by atoms with E-state index < -0.39 is 0 Å². The first-order valence-corrected chi connectivity index (χ1v) is 7.97. The Morgan fingerprint density at radius 1 is 1.37 bits per heavy atom. The number of anilines is 1. The van der Waals surface area contributed by atoms with Gasteiger partial charge in [0.25, 0.3) is 0 Å². The summed E-state index contributed by atoms with van der Waals surface area (Å²) in [6.45, 7) is 1.48. The van der Waals surface area contributed by atoms with Crippen molar-refractivity contribution in [2.75, 3.05) is 24.7 Å². The van der Waals surface area contributed by atoms with Crippen LogP contribution < -0.4 is 11.1 Å². The molecule has 0 spiro atoms. The van der Waals surface area contributed by atoms with Gasteiger partial charge in [0, 0.05) is 18.7 Å². The number of aromatic nitrogens is 2. The Balaban J connectivity index is 1.63. The number of rotatable bonds is 6. The number of hydrogen-bond donors (Lipinski definition) is 2. The van der Waals surface area contributed by atoms with Crippen molar-refractivity contribution in [3.8, 4) is 0 Å². The third-order valence-electron chi connectivity index (χ3n) is 3.33. The quantitative estimate of drug-likeness (QED) is 0.471. The molecule has 2 rings (SSSR count). The van der Waals surface area contributed by atoms with Crippen molar-refractivity contribution in [2.24, 2.45) is 5.73 Å². The van der Waals surface area contributed by atoms with E-state index in [1.54, 1.807) is 18.1 Å². The van der Waals surface area contributed by atoms with Gasteiger partial charge in [-0.2, -0.15) is 0 Å². The molecule has 1 saturated carbocycles. The number of hydrogen-bond acceptors (Lipinski definition) is 6. The summed E-state index contributed by atoms with van der Waals surface area (Å²) in [7, 11) is 0. The summed E-state index contributed by atoms with van der Waals surface area (Å²) >= 11 is 1.61. The zero-order chi connectivity index (χ0) is 13.5. The van der Waals surface area contributed by atoms with Crippen LogP contribution in [0.1, 0.15) is 25.7 Å². The van der Waals surface area contributed by atoms with E-state index in [1.807, 2.05) is 12.3 Å². The van der Waals surface area contributed by atoms with Crippen molar-refractivity contribution in [1.29, 1.82) is 0 Å². The number of thioether (sulfide) groups is 1. The maximum atomic E-state index is 5.87. The fourth-order valence-electron chi connectivity index (χ4n) is 2.21. The zero-order valence-electron chi connectivity index (χ0n) is 11.3. The lowest BCUT2D eigenvalue weighted by Crippen LogP contribution is -2.31. The monoisotopic (exact) mass is 282 g/mol. The SMILES string of the molecule is CSc1cc(NCCOC2CCC(N)CC2)ncn1. The van der Waals surface area contributed by atoms with Crippen LogP contribution in [0.3, 0.4) is 0 Å². The summed E-state index contributed by atoms with van der Waals surface area (Å²) in [5.74, 6) is 0.855. The van der Waals surface area contributed by atoms with E-state index in [1.165, 1.54) is 0 Å². The van der Waals surface area contributed by atoms with Gasteiger partial charge in [-0.05, 0) is 31.9 Å². The molecule has 1 aliphatic rings. The van der Waals surface area contributed by atoms with Gasteiger partial charge < -0.3 is 15.8 Å². The Bertz CT molecular complexity index is 383. The molecule has 106 valence electrons. The average Bonchev–Trinajstić information content (AvgIpc) is 2.46. The predicted molar refractivity (Wildman–Crippen MR) is 78.5 cm³/mol. The molecule has 3 N–H and O–H groups in total. The van der Waals surface area contributed by atoms with Crippen molar-refractivity contribution in [3.63, 3.8) is 0 Å². The number of nitrogens with zero attached hydrogens (tertiary/aromatic N) is 2. The van der Waals surface area contributed by atoms with Crippen molar-refractivity contribution in [1.82, 2.24) is 9.97 Å². The summed E-state index contributed by atoms with van der Waals surface area (Å²) in [5.41, 5.74) is 5.87. The van der Waals surface area contributed by atoms with Crippen molar-refractivity contribution in [2.45, 2.75) is 42.9 Å². The third-order valence-corrected chi connectivity index (χ3v) is 3.97. The Hall–Kier alpha value is -0.850. The van der Waals surface area contributed by atoms with Gasteiger partial charge in [0.15, 0.2) is 0 Å². The molecule has 0 unspecified atom stereocenters. The molecule has 0 saturated heterocycles. The molecule has 5 nitrogen and oxygen atoms in total. The van der Waals surface area contributed by atoms with Crippen molar-refractivity contribution in [3.05, 3.63) is 12.4 Å². The second-order valence-electron chi connectivity index (χ2n) is 4.78. The van der Waals surface area contributed by atoms with E-state index in [2.05, 4.69) is 15.3 Å². The minimum atomic E-state index is 0.379. The van der Waals surface area contributed by atoms with Gasteiger partial charge in [-0.25, -0.2) is 9.97 Å². The molecule has 0 atom stereocenters. The van der Waals surface area contributed by atoms with Crippen LogP contribution in [0.2, 0.25) is 0 Å². The standard InChI is InChI=1S/C13H22N4OS/c1-19-13-8-12(16-9-17-13)15-6-7-18-11-4-2-10(14)3-5-11/h8-11H,2-7,14H2,1H3,(H,15,16,17). The van der Waals surface area contributed by atoms with Crippen molar-refractivity contribution >= 4 is 17.6 Å². The lowest BCUT2D eigenvalue weighted by atomic mass is 9.94. The molecule has 1 aromatic rings. The van der Waals surface area contributed by atoms with E-state index in [4.69, 9.17) is 10.5 Å². The van der Waals surface area contributed by atoms with Crippen LogP contribution in [-0.2, 0) is 4.74 Å². The highest BCUT2D eigenvalue weighted by Crippen LogP contribution is 2.19. The number of nitrogens with one attached hydrogen (secondary N) is 1. The van der Waals surface area contributed by atoms with E-state index in [0.29, 0.717) is 18.8 Å². The molecule has 19 heavy (non-hydrogen) atoms. The Morgan fingerprint density at radius 2 is 2.16 bits per heavy atom. The highest BCUT2D eigenvalue weighted by Gasteiger charge is 2.18. The van der Waals surface area contributed by atoms with E-state index in [-0.39, 0.29) is 0 Å². The molecule has 0 bridgehead atoms. The summed E-state index contributed by atoms with van der Waals surface area (Å²) in [6.07, 6.45) is 8.31. The van der Waals surface area contributed by atoms with Crippen LogP contribution in [0.4, 0.5) is 5.82 Å². The molecule has 0 aliphatic heterocycles. The highest BCUT2D eigenvalue weighted by molar-refractivity contribution is 7.98. The summed E-state index contributed by atoms with van der Waals surface area (Å²) in [6, 6.07) is 2.33. The fraction of sp³-hybridized carbons (Fsp3) is 0.692. The molecular formula is C13H22N4OS. The van der Waals surface area contributed by atoms with Crippen LogP contribution in [-0.4, -0.2) is 41.5 Å². The molecule has 0 radical (unpaired) electrons. The molecule has 0 amide bonds. The van der Waals surface area contributed by atoms with Gasteiger partial charge in [-0.15, -0.1) is 11.8 Å². The largest absolute Gasteiger partial charge is 0.376 e. The maximum absolute atomic E-state index is 5.87.